The number of aryl methyl sites for hydroxylation is 1. The van der Waals surface area contributed by atoms with Gasteiger partial charge in [-0.1, -0.05) is 6.08 Å². The molecule has 0 aliphatic heterocycles. The summed E-state index contributed by atoms with van der Waals surface area (Å²) in [5.41, 5.74) is 7.52. The van der Waals surface area contributed by atoms with Gasteiger partial charge in [-0.15, -0.1) is 6.58 Å². The Balaban J connectivity index is 3.04. The van der Waals surface area contributed by atoms with Gasteiger partial charge < -0.3 is 5.73 Å². The van der Waals surface area contributed by atoms with Gasteiger partial charge in [-0.25, -0.2) is 0 Å². The van der Waals surface area contributed by atoms with Gasteiger partial charge in [0, 0.05) is 4.47 Å². The fourth-order valence-corrected chi connectivity index (χ4v) is 1.09. The molecule has 0 aliphatic rings. The molecule has 0 unspecified atom stereocenters. The number of hydrogen-bond acceptors (Lipinski definition) is 2. The normalized spacial score (nSPS) is 12.6. The zero-order valence-electron chi connectivity index (χ0n) is 6.92. The molecule has 2 nitrogen and oxygen atoms in total. The second-order valence-electron chi connectivity index (χ2n) is 2.56. The second-order valence-corrected chi connectivity index (χ2v) is 3.42. The summed E-state index contributed by atoms with van der Waals surface area (Å²) in [5.74, 6) is 0. The number of pyridine rings is 1. The summed E-state index contributed by atoms with van der Waals surface area (Å²) in [6.45, 7) is 5.55. The third-order valence-corrected chi connectivity index (χ3v) is 2.48. The molecule has 1 aromatic rings. The molecule has 0 saturated carbocycles. The van der Waals surface area contributed by atoms with E-state index in [0.29, 0.717) is 0 Å². The van der Waals surface area contributed by atoms with Gasteiger partial charge in [0.05, 0.1) is 17.4 Å². The molecule has 64 valence electrons. The zero-order valence-corrected chi connectivity index (χ0v) is 8.51. The van der Waals surface area contributed by atoms with Crippen LogP contribution in [-0.2, 0) is 0 Å². The van der Waals surface area contributed by atoms with Crippen LogP contribution in [0.1, 0.15) is 17.4 Å². The third-order valence-electron chi connectivity index (χ3n) is 1.64. The van der Waals surface area contributed by atoms with E-state index in [0.717, 1.165) is 15.9 Å². The van der Waals surface area contributed by atoms with Crippen molar-refractivity contribution in [2.24, 2.45) is 5.73 Å². The number of hydrogen-bond donors (Lipinski definition) is 1. The Hall–Kier alpha value is -0.670. The molecule has 1 aromatic heterocycles. The SMILES string of the molecule is C=C[C@H](N)c1ccc(Br)c(C)n1. The van der Waals surface area contributed by atoms with Gasteiger partial charge in [-0.2, -0.15) is 0 Å². The smallest absolute Gasteiger partial charge is 0.0653 e. The average Bonchev–Trinajstić information content (AvgIpc) is 2.08. The van der Waals surface area contributed by atoms with E-state index < -0.39 is 0 Å². The van der Waals surface area contributed by atoms with Crippen molar-refractivity contribution in [3.63, 3.8) is 0 Å². The van der Waals surface area contributed by atoms with E-state index in [1.165, 1.54) is 0 Å². The Morgan fingerprint density at radius 3 is 2.83 bits per heavy atom. The lowest BCUT2D eigenvalue weighted by atomic mass is 10.2. The van der Waals surface area contributed by atoms with Crippen LogP contribution in [0, 0.1) is 6.92 Å². The summed E-state index contributed by atoms with van der Waals surface area (Å²) < 4.78 is 1.00. The molecule has 1 atom stereocenters. The van der Waals surface area contributed by atoms with Crippen molar-refractivity contribution in [3.05, 3.63) is 40.6 Å². The van der Waals surface area contributed by atoms with Crippen LogP contribution < -0.4 is 5.73 Å². The second kappa shape index (κ2) is 3.83. The predicted octanol–water partition coefficient (Wildman–Crippen LogP) is 2.34. The van der Waals surface area contributed by atoms with Crippen LogP contribution in [0.2, 0.25) is 0 Å². The van der Waals surface area contributed by atoms with Crippen molar-refractivity contribution in [1.82, 2.24) is 4.98 Å². The van der Waals surface area contributed by atoms with Crippen molar-refractivity contribution in [3.8, 4) is 0 Å². The molecular weight excluding hydrogens is 216 g/mol. The first kappa shape index (κ1) is 9.42. The Labute approximate surface area is 80.6 Å². The third kappa shape index (κ3) is 1.93. The van der Waals surface area contributed by atoms with Crippen LogP contribution >= 0.6 is 15.9 Å². The minimum atomic E-state index is -0.170. The Kier molecular flexibility index (Phi) is 3.00. The lowest BCUT2D eigenvalue weighted by Crippen LogP contribution is -2.09. The van der Waals surface area contributed by atoms with Crippen molar-refractivity contribution < 1.29 is 0 Å². The average molecular weight is 227 g/mol. The van der Waals surface area contributed by atoms with Crippen LogP contribution in [0.3, 0.4) is 0 Å². The fraction of sp³-hybridized carbons (Fsp3) is 0.222. The lowest BCUT2D eigenvalue weighted by Gasteiger charge is -2.06. The lowest BCUT2D eigenvalue weighted by molar-refractivity contribution is 0.852. The van der Waals surface area contributed by atoms with Gasteiger partial charge in [-0.05, 0) is 35.0 Å². The van der Waals surface area contributed by atoms with Crippen molar-refractivity contribution in [1.29, 1.82) is 0 Å². The van der Waals surface area contributed by atoms with Crippen LogP contribution in [0.5, 0.6) is 0 Å². The summed E-state index contributed by atoms with van der Waals surface area (Å²) in [6.07, 6.45) is 1.68. The number of nitrogens with two attached hydrogens (primary N) is 1. The van der Waals surface area contributed by atoms with Crippen LogP contribution in [0.25, 0.3) is 0 Å². The standard InChI is InChI=1S/C9H11BrN2/c1-3-8(11)9-5-4-7(10)6(2)12-9/h3-5,8H,1,11H2,2H3/t8-/m0/s1. The van der Waals surface area contributed by atoms with Gasteiger partial charge in [-0.3, -0.25) is 4.98 Å². The fourth-order valence-electron chi connectivity index (χ4n) is 0.870. The molecule has 2 N–H and O–H groups in total. The van der Waals surface area contributed by atoms with E-state index >= 15 is 0 Å². The molecule has 0 radical (unpaired) electrons. The maximum atomic E-state index is 5.72. The summed E-state index contributed by atoms with van der Waals surface area (Å²) in [6, 6.07) is 3.67. The molecule has 0 spiro atoms. The molecule has 0 aromatic carbocycles. The van der Waals surface area contributed by atoms with E-state index in [2.05, 4.69) is 27.5 Å². The highest BCUT2D eigenvalue weighted by Crippen LogP contribution is 2.16. The molecule has 0 bridgehead atoms. The van der Waals surface area contributed by atoms with E-state index in [-0.39, 0.29) is 6.04 Å². The van der Waals surface area contributed by atoms with Crippen molar-refractivity contribution >= 4 is 15.9 Å². The van der Waals surface area contributed by atoms with Gasteiger partial charge in [0.15, 0.2) is 0 Å². The van der Waals surface area contributed by atoms with Crippen LogP contribution in [0.4, 0.5) is 0 Å². The minimum absolute atomic E-state index is 0.170. The summed E-state index contributed by atoms with van der Waals surface area (Å²) in [5, 5.41) is 0. The quantitative estimate of drug-likeness (QED) is 0.787. The summed E-state index contributed by atoms with van der Waals surface area (Å²) in [4.78, 5) is 4.30. The van der Waals surface area contributed by atoms with E-state index in [1.807, 2.05) is 19.1 Å². The van der Waals surface area contributed by atoms with Crippen molar-refractivity contribution in [2.45, 2.75) is 13.0 Å². The van der Waals surface area contributed by atoms with E-state index in [4.69, 9.17) is 5.73 Å². The largest absolute Gasteiger partial charge is 0.319 e. The summed E-state index contributed by atoms with van der Waals surface area (Å²) >= 11 is 3.37. The van der Waals surface area contributed by atoms with E-state index in [1.54, 1.807) is 6.08 Å². The minimum Gasteiger partial charge on any atom is -0.319 e. The molecule has 0 amide bonds. The Bertz CT molecular complexity index is 297. The Morgan fingerprint density at radius 1 is 1.67 bits per heavy atom. The zero-order chi connectivity index (χ0) is 9.14. The highest BCUT2D eigenvalue weighted by molar-refractivity contribution is 9.10. The molecule has 12 heavy (non-hydrogen) atoms. The Morgan fingerprint density at radius 2 is 2.33 bits per heavy atom. The monoisotopic (exact) mass is 226 g/mol. The highest BCUT2D eigenvalue weighted by Gasteiger charge is 2.03. The highest BCUT2D eigenvalue weighted by atomic mass is 79.9. The maximum absolute atomic E-state index is 5.72. The number of aromatic nitrogens is 1. The first-order chi connectivity index (χ1) is 5.65. The van der Waals surface area contributed by atoms with Crippen LogP contribution in [0.15, 0.2) is 29.3 Å². The van der Waals surface area contributed by atoms with Crippen molar-refractivity contribution in [2.75, 3.05) is 0 Å². The topological polar surface area (TPSA) is 38.9 Å². The molecule has 1 rings (SSSR count). The molecule has 3 heteroatoms. The molecule has 0 saturated heterocycles. The number of halogens is 1. The number of nitrogens with zero attached hydrogens (tertiary/aromatic N) is 1. The van der Waals surface area contributed by atoms with E-state index in [9.17, 15) is 0 Å². The maximum Gasteiger partial charge on any atom is 0.0653 e. The molecular formula is C9H11BrN2. The molecule has 0 aliphatic carbocycles. The first-order valence-corrected chi connectivity index (χ1v) is 4.45. The predicted molar refractivity (Wildman–Crippen MR) is 53.8 cm³/mol. The van der Waals surface area contributed by atoms with Gasteiger partial charge in [0.1, 0.15) is 0 Å². The van der Waals surface area contributed by atoms with Gasteiger partial charge in [0.25, 0.3) is 0 Å². The summed E-state index contributed by atoms with van der Waals surface area (Å²) in [7, 11) is 0. The molecule has 1 heterocycles. The van der Waals surface area contributed by atoms with Gasteiger partial charge >= 0.3 is 0 Å². The number of rotatable bonds is 2. The van der Waals surface area contributed by atoms with Crippen LogP contribution in [-0.4, -0.2) is 4.98 Å². The first-order valence-electron chi connectivity index (χ1n) is 3.66. The van der Waals surface area contributed by atoms with Gasteiger partial charge in [0.2, 0.25) is 0 Å². The molecule has 0 fully saturated rings.